The van der Waals surface area contributed by atoms with Crippen LogP contribution >= 0.6 is 0 Å². The summed E-state index contributed by atoms with van der Waals surface area (Å²) in [6, 6.07) is 0.755. The summed E-state index contributed by atoms with van der Waals surface area (Å²) >= 11 is 0. The van der Waals surface area contributed by atoms with Gasteiger partial charge in [-0.15, -0.1) is 0 Å². The van der Waals surface area contributed by atoms with Crippen LogP contribution in [0.2, 0.25) is 0 Å². The van der Waals surface area contributed by atoms with Gasteiger partial charge in [-0.05, 0) is 66.7 Å². The summed E-state index contributed by atoms with van der Waals surface area (Å²) in [6.07, 6.45) is 6.34. The molecule has 0 spiro atoms. The van der Waals surface area contributed by atoms with E-state index in [1.165, 1.54) is 49.0 Å². The first kappa shape index (κ1) is 21.5. The number of quaternary nitrogens is 1. The third-order valence-corrected chi connectivity index (χ3v) is 4.63. The molecule has 0 unspecified atom stereocenters. The van der Waals surface area contributed by atoms with Gasteiger partial charge in [-0.2, -0.15) is 0 Å². The summed E-state index contributed by atoms with van der Waals surface area (Å²) in [6.45, 7) is 20.1. The van der Waals surface area contributed by atoms with Gasteiger partial charge in [-0.1, -0.05) is 18.6 Å². The van der Waals surface area contributed by atoms with E-state index in [-0.39, 0.29) is 17.0 Å². The molecule has 0 aliphatic carbocycles. The van der Waals surface area contributed by atoms with Crippen molar-refractivity contribution < 1.29 is 21.5 Å². The number of hydrogen-bond donors (Lipinski definition) is 0. The molecule has 0 N–H and O–H groups in total. The molecule has 0 bridgehead atoms. The van der Waals surface area contributed by atoms with Crippen LogP contribution in [-0.4, -0.2) is 30.2 Å². The van der Waals surface area contributed by atoms with Gasteiger partial charge in [0.1, 0.15) is 0 Å². The highest BCUT2D eigenvalue weighted by Gasteiger charge is 2.27. The highest BCUT2D eigenvalue weighted by atomic mass is 79.9. The number of hydrogen-bond acceptors (Lipinski definition) is 0. The minimum absolute atomic E-state index is 0. The Morgan fingerprint density at radius 1 is 1.00 bits per heavy atom. The fraction of sp³-hybridized carbons (Fsp3) is 0.882. The van der Waals surface area contributed by atoms with Gasteiger partial charge >= 0.3 is 0 Å². The molecule has 0 saturated heterocycles. The van der Waals surface area contributed by atoms with E-state index < -0.39 is 0 Å². The Labute approximate surface area is 132 Å². The lowest BCUT2D eigenvalue weighted by atomic mass is 9.99. The number of halogens is 1. The molecule has 1 atom stereocenters. The monoisotopic (exact) mass is 333 g/mol. The van der Waals surface area contributed by atoms with Crippen molar-refractivity contribution in [3.05, 3.63) is 11.6 Å². The molecule has 116 valence electrons. The van der Waals surface area contributed by atoms with Gasteiger partial charge in [0.15, 0.2) is 0 Å². The molecule has 0 amide bonds. The molecular formula is C17H36BrN. The standard InChI is InChI=1S/C17H36N.BrH/c1-8-18(9-2,16(5)6)14-13-17(7)12-10-11-15(3)4;/h11,16-17H,8-10,12-14H2,1-7H3;1H/q+1;/p-1/t17-;/m1./s1. The summed E-state index contributed by atoms with van der Waals surface area (Å²) in [5.74, 6) is 0.856. The van der Waals surface area contributed by atoms with Gasteiger partial charge in [0, 0.05) is 0 Å². The van der Waals surface area contributed by atoms with E-state index in [2.05, 4.69) is 54.5 Å². The Morgan fingerprint density at radius 2 is 1.53 bits per heavy atom. The third kappa shape index (κ3) is 8.14. The molecule has 0 aromatic heterocycles. The minimum Gasteiger partial charge on any atom is -1.00 e. The maximum absolute atomic E-state index is 2.42. The molecule has 0 aromatic rings. The summed E-state index contributed by atoms with van der Waals surface area (Å²) in [5, 5.41) is 0. The molecule has 1 nitrogen and oxygen atoms in total. The van der Waals surface area contributed by atoms with Gasteiger partial charge in [0.2, 0.25) is 0 Å². The lowest BCUT2D eigenvalue weighted by molar-refractivity contribution is -0.945. The van der Waals surface area contributed by atoms with E-state index in [9.17, 15) is 0 Å². The quantitative estimate of drug-likeness (QED) is 0.447. The highest BCUT2D eigenvalue weighted by Crippen LogP contribution is 2.19. The van der Waals surface area contributed by atoms with E-state index in [1.54, 1.807) is 0 Å². The van der Waals surface area contributed by atoms with E-state index in [0.29, 0.717) is 0 Å². The van der Waals surface area contributed by atoms with Crippen molar-refractivity contribution in [3.63, 3.8) is 0 Å². The Balaban J connectivity index is 0. The first-order chi connectivity index (χ1) is 8.38. The highest BCUT2D eigenvalue weighted by molar-refractivity contribution is 4.92. The predicted molar refractivity (Wildman–Crippen MR) is 83.8 cm³/mol. The maximum atomic E-state index is 2.42. The van der Waals surface area contributed by atoms with Crippen LogP contribution in [0.4, 0.5) is 0 Å². The summed E-state index contributed by atoms with van der Waals surface area (Å²) in [7, 11) is 0. The number of rotatable bonds is 9. The second kappa shape index (κ2) is 10.9. The topological polar surface area (TPSA) is 0 Å². The average molecular weight is 334 g/mol. The maximum Gasteiger partial charge on any atom is 0.0833 e. The second-order valence-electron chi connectivity index (χ2n) is 6.42. The van der Waals surface area contributed by atoms with Crippen molar-refractivity contribution >= 4 is 0 Å². The zero-order valence-corrected chi connectivity index (χ0v) is 15.9. The van der Waals surface area contributed by atoms with Crippen LogP contribution in [0.1, 0.15) is 67.7 Å². The Kier molecular flexibility index (Phi) is 12.3. The van der Waals surface area contributed by atoms with Gasteiger partial charge in [0.05, 0.1) is 25.7 Å². The zero-order chi connectivity index (χ0) is 14.2. The molecule has 2 heteroatoms. The Bertz CT molecular complexity index is 238. The van der Waals surface area contributed by atoms with Gasteiger partial charge in [0.25, 0.3) is 0 Å². The van der Waals surface area contributed by atoms with Crippen LogP contribution in [0.15, 0.2) is 11.6 Å². The van der Waals surface area contributed by atoms with Crippen LogP contribution in [0, 0.1) is 5.92 Å². The lowest BCUT2D eigenvalue weighted by Crippen LogP contribution is -3.00. The van der Waals surface area contributed by atoms with Crippen molar-refractivity contribution in [3.8, 4) is 0 Å². The molecule has 0 heterocycles. The van der Waals surface area contributed by atoms with Crippen molar-refractivity contribution in [1.82, 2.24) is 0 Å². The molecule has 0 aromatic carbocycles. The summed E-state index contributed by atoms with van der Waals surface area (Å²) in [5.41, 5.74) is 1.46. The molecule has 0 rings (SSSR count). The second-order valence-corrected chi connectivity index (χ2v) is 6.42. The van der Waals surface area contributed by atoms with Crippen LogP contribution < -0.4 is 17.0 Å². The molecular weight excluding hydrogens is 298 g/mol. The third-order valence-electron chi connectivity index (χ3n) is 4.63. The molecule has 0 aliphatic heterocycles. The SMILES string of the molecule is CC[N+](CC)(CC[C@H](C)CCC=C(C)C)C(C)C.[Br-]. The zero-order valence-electron chi connectivity index (χ0n) is 14.3. The van der Waals surface area contributed by atoms with Crippen molar-refractivity contribution in [1.29, 1.82) is 0 Å². The summed E-state index contributed by atoms with van der Waals surface area (Å²) in [4.78, 5) is 0. The molecule has 0 saturated carbocycles. The Morgan fingerprint density at radius 3 is 1.89 bits per heavy atom. The summed E-state index contributed by atoms with van der Waals surface area (Å²) < 4.78 is 1.28. The molecule has 0 aliphatic rings. The van der Waals surface area contributed by atoms with Crippen molar-refractivity contribution in [2.45, 2.75) is 73.8 Å². The van der Waals surface area contributed by atoms with Gasteiger partial charge in [-0.25, -0.2) is 0 Å². The van der Waals surface area contributed by atoms with Crippen molar-refractivity contribution in [2.24, 2.45) is 5.92 Å². The van der Waals surface area contributed by atoms with Crippen molar-refractivity contribution in [2.75, 3.05) is 19.6 Å². The van der Waals surface area contributed by atoms with E-state index in [4.69, 9.17) is 0 Å². The van der Waals surface area contributed by atoms with Gasteiger partial charge < -0.3 is 21.5 Å². The van der Waals surface area contributed by atoms with E-state index in [1.807, 2.05) is 0 Å². The molecule has 19 heavy (non-hydrogen) atoms. The van der Waals surface area contributed by atoms with Gasteiger partial charge in [-0.3, -0.25) is 0 Å². The first-order valence-corrected chi connectivity index (χ1v) is 7.87. The van der Waals surface area contributed by atoms with Crippen LogP contribution in [0.5, 0.6) is 0 Å². The lowest BCUT2D eigenvalue weighted by Gasteiger charge is -2.41. The molecule has 0 radical (unpaired) electrons. The predicted octanol–water partition coefficient (Wildman–Crippen LogP) is 2.03. The smallest absolute Gasteiger partial charge is 0.0833 e. The van der Waals surface area contributed by atoms with Crippen LogP contribution in [0.25, 0.3) is 0 Å². The Hall–Kier alpha value is 0.180. The largest absolute Gasteiger partial charge is 1.00 e. The van der Waals surface area contributed by atoms with E-state index in [0.717, 1.165) is 12.0 Å². The normalized spacial score (nSPS) is 13.1. The molecule has 0 fully saturated rings. The first-order valence-electron chi connectivity index (χ1n) is 7.87. The minimum atomic E-state index is 0. The number of allylic oxidation sites excluding steroid dienone is 2. The number of nitrogens with zero attached hydrogens (tertiary/aromatic N) is 1. The van der Waals surface area contributed by atoms with E-state index >= 15 is 0 Å². The van der Waals surface area contributed by atoms with Crippen LogP contribution in [-0.2, 0) is 0 Å². The fourth-order valence-corrected chi connectivity index (χ4v) is 2.81. The fourth-order valence-electron chi connectivity index (χ4n) is 2.81. The average Bonchev–Trinajstić information content (AvgIpc) is 2.30. The van der Waals surface area contributed by atoms with Crippen LogP contribution in [0.3, 0.4) is 0 Å².